The first-order valence-electron chi connectivity index (χ1n) is 8.77. The topological polar surface area (TPSA) is 75.3 Å². The molecule has 2 rings (SSSR count). The molecule has 1 aliphatic carbocycles. The summed E-state index contributed by atoms with van der Waals surface area (Å²) < 4.78 is 27.1. The minimum Gasteiger partial charge on any atom is -0.352 e. The van der Waals surface area contributed by atoms with Gasteiger partial charge in [0.2, 0.25) is 10.0 Å². The Morgan fingerprint density at radius 2 is 1.80 bits per heavy atom. The van der Waals surface area contributed by atoms with E-state index in [2.05, 4.69) is 16.1 Å². The second kappa shape index (κ2) is 8.15. The van der Waals surface area contributed by atoms with Crippen molar-refractivity contribution in [1.29, 1.82) is 0 Å². The van der Waals surface area contributed by atoms with E-state index >= 15 is 0 Å². The quantitative estimate of drug-likeness (QED) is 0.760. The summed E-state index contributed by atoms with van der Waals surface area (Å²) in [6.45, 7) is 5.96. The van der Waals surface area contributed by atoms with E-state index in [4.69, 9.17) is 0 Å². The van der Waals surface area contributed by atoms with Crippen molar-refractivity contribution in [3.05, 3.63) is 41.5 Å². The molecule has 5 nitrogen and oxygen atoms in total. The van der Waals surface area contributed by atoms with Crippen LogP contribution in [0.5, 0.6) is 0 Å². The molecule has 0 spiro atoms. The van der Waals surface area contributed by atoms with E-state index < -0.39 is 15.6 Å². The molecule has 1 aromatic rings. The highest BCUT2D eigenvalue weighted by atomic mass is 32.2. The second-order valence-electron chi connectivity index (χ2n) is 7.49. The van der Waals surface area contributed by atoms with Crippen LogP contribution < -0.4 is 10.0 Å². The molecule has 0 heterocycles. The van der Waals surface area contributed by atoms with E-state index in [1.165, 1.54) is 30.5 Å². The first-order chi connectivity index (χ1) is 11.7. The van der Waals surface area contributed by atoms with Crippen molar-refractivity contribution in [3.63, 3.8) is 0 Å². The van der Waals surface area contributed by atoms with Gasteiger partial charge in [-0.15, -0.1) is 0 Å². The molecule has 0 atom stereocenters. The van der Waals surface area contributed by atoms with Crippen LogP contribution in [0.2, 0.25) is 0 Å². The fourth-order valence-corrected chi connectivity index (χ4v) is 4.24. The summed E-state index contributed by atoms with van der Waals surface area (Å²) >= 11 is 0. The van der Waals surface area contributed by atoms with E-state index in [0.29, 0.717) is 12.1 Å². The first-order valence-corrected chi connectivity index (χ1v) is 10.3. The van der Waals surface area contributed by atoms with Gasteiger partial charge in [-0.2, -0.15) is 0 Å². The molecule has 0 aromatic heterocycles. The number of rotatable bonds is 6. The van der Waals surface area contributed by atoms with Crippen molar-refractivity contribution in [3.8, 4) is 0 Å². The molecule has 0 fully saturated rings. The van der Waals surface area contributed by atoms with Crippen LogP contribution in [0, 0.1) is 0 Å². The highest BCUT2D eigenvalue weighted by Gasteiger charge is 2.22. The Kier molecular flexibility index (Phi) is 6.41. The average molecular weight is 365 g/mol. The molecule has 138 valence electrons. The molecule has 1 aliphatic rings. The third-order valence-electron chi connectivity index (χ3n) is 3.98. The van der Waals surface area contributed by atoms with E-state index in [1.54, 1.807) is 32.9 Å². The zero-order valence-corrected chi connectivity index (χ0v) is 16.1. The summed E-state index contributed by atoms with van der Waals surface area (Å²) in [6, 6.07) is 6.03. The van der Waals surface area contributed by atoms with E-state index in [-0.39, 0.29) is 10.8 Å². The van der Waals surface area contributed by atoms with Gasteiger partial charge >= 0.3 is 0 Å². The highest BCUT2D eigenvalue weighted by molar-refractivity contribution is 7.89. The lowest BCUT2D eigenvalue weighted by molar-refractivity contribution is 0.0954. The van der Waals surface area contributed by atoms with Crippen LogP contribution in [0.4, 0.5) is 0 Å². The van der Waals surface area contributed by atoms with Gasteiger partial charge < -0.3 is 5.32 Å². The average Bonchev–Trinajstić information content (AvgIpc) is 2.54. The lowest BCUT2D eigenvalue weighted by Crippen LogP contribution is -2.40. The van der Waals surface area contributed by atoms with Crippen molar-refractivity contribution < 1.29 is 13.2 Å². The number of amides is 1. The molecule has 0 saturated heterocycles. The molecule has 0 bridgehead atoms. The van der Waals surface area contributed by atoms with Gasteiger partial charge in [0.1, 0.15) is 0 Å². The monoisotopic (exact) mass is 364 g/mol. The predicted molar refractivity (Wildman–Crippen MR) is 100 cm³/mol. The van der Waals surface area contributed by atoms with Crippen molar-refractivity contribution in [1.82, 2.24) is 10.0 Å². The Hall–Kier alpha value is -1.66. The summed E-state index contributed by atoms with van der Waals surface area (Å²) in [5, 5.41) is 2.90. The zero-order chi connectivity index (χ0) is 18.5. The lowest BCUT2D eigenvalue weighted by atomic mass is 9.97. The van der Waals surface area contributed by atoms with Crippen molar-refractivity contribution in [2.75, 3.05) is 6.54 Å². The molecular weight excluding hydrogens is 336 g/mol. The van der Waals surface area contributed by atoms with Crippen molar-refractivity contribution >= 4 is 15.9 Å². The molecule has 25 heavy (non-hydrogen) atoms. The number of allylic oxidation sites excluding steroid dienone is 1. The largest absolute Gasteiger partial charge is 0.352 e. The van der Waals surface area contributed by atoms with Crippen LogP contribution in [-0.4, -0.2) is 26.4 Å². The normalized spacial score (nSPS) is 15.6. The summed E-state index contributed by atoms with van der Waals surface area (Å²) in [5.41, 5.74) is 1.33. The molecule has 0 saturated carbocycles. The number of hydrogen-bond donors (Lipinski definition) is 2. The molecule has 2 N–H and O–H groups in total. The van der Waals surface area contributed by atoms with Crippen LogP contribution in [0.1, 0.15) is 63.2 Å². The van der Waals surface area contributed by atoms with Gasteiger partial charge in [-0.25, -0.2) is 13.1 Å². The second-order valence-corrected chi connectivity index (χ2v) is 9.18. The fraction of sp³-hybridized carbons (Fsp3) is 0.526. The summed E-state index contributed by atoms with van der Waals surface area (Å²) in [6.07, 6.45) is 7.92. The van der Waals surface area contributed by atoms with E-state index in [0.717, 1.165) is 19.3 Å². The standard InChI is InChI=1S/C19H28N2O3S/c1-19(2,3)21-25(23,24)17-11-9-16(10-12-17)18(22)20-14-13-15-7-5-4-6-8-15/h7,9-12,21H,4-6,8,13-14H2,1-3H3,(H,20,22). The van der Waals surface area contributed by atoms with E-state index in [1.807, 2.05) is 0 Å². The fourth-order valence-electron chi connectivity index (χ4n) is 2.82. The van der Waals surface area contributed by atoms with Gasteiger partial charge in [-0.05, 0) is 77.1 Å². The van der Waals surface area contributed by atoms with Gasteiger partial charge in [0.25, 0.3) is 5.91 Å². The highest BCUT2D eigenvalue weighted by Crippen LogP contribution is 2.19. The summed E-state index contributed by atoms with van der Waals surface area (Å²) in [5.74, 6) is -0.177. The maximum absolute atomic E-state index is 12.3. The van der Waals surface area contributed by atoms with Crippen LogP contribution in [0.25, 0.3) is 0 Å². The maximum atomic E-state index is 12.3. The Labute approximate surface area is 151 Å². The van der Waals surface area contributed by atoms with Gasteiger partial charge in [0.15, 0.2) is 0 Å². The molecule has 0 aliphatic heterocycles. The summed E-state index contributed by atoms with van der Waals surface area (Å²) in [7, 11) is -3.58. The maximum Gasteiger partial charge on any atom is 0.251 e. The Bertz CT molecular complexity index is 729. The smallest absolute Gasteiger partial charge is 0.251 e. The van der Waals surface area contributed by atoms with Crippen molar-refractivity contribution in [2.24, 2.45) is 0 Å². The molecular formula is C19H28N2O3S. The molecule has 1 amide bonds. The minimum absolute atomic E-state index is 0.159. The lowest BCUT2D eigenvalue weighted by Gasteiger charge is -2.20. The third kappa shape index (κ3) is 6.29. The number of sulfonamides is 1. The van der Waals surface area contributed by atoms with Gasteiger partial charge in [-0.3, -0.25) is 4.79 Å². The zero-order valence-electron chi connectivity index (χ0n) is 15.3. The van der Waals surface area contributed by atoms with Crippen LogP contribution in [-0.2, 0) is 10.0 Å². The van der Waals surface area contributed by atoms with Crippen molar-refractivity contribution in [2.45, 2.75) is 63.3 Å². The number of carbonyl (C=O) groups excluding carboxylic acids is 1. The summed E-state index contributed by atoms with van der Waals surface area (Å²) in [4.78, 5) is 12.3. The SMILES string of the molecule is CC(C)(C)NS(=O)(=O)c1ccc(C(=O)NCCC2=CCCCC2)cc1. The molecule has 1 aromatic carbocycles. The van der Waals surface area contributed by atoms with Gasteiger partial charge in [0.05, 0.1) is 4.90 Å². The third-order valence-corrected chi connectivity index (χ3v) is 5.76. The first kappa shape index (κ1) is 19.7. The molecule has 6 heteroatoms. The number of carbonyl (C=O) groups is 1. The van der Waals surface area contributed by atoms with Crippen LogP contribution in [0.3, 0.4) is 0 Å². The van der Waals surface area contributed by atoms with Crippen LogP contribution >= 0.6 is 0 Å². The Morgan fingerprint density at radius 3 is 2.36 bits per heavy atom. The predicted octanol–water partition coefficient (Wildman–Crippen LogP) is 3.38. The molecule has 0 unspecified atom stereocenters. The van der Waals surface area contributed by atoms with Crippen LogP contribution in [0.15, 0.2) is 40.8 Å². The van der Waals surface area contributed by atoms with Gasteiger partial charge in [-0.1, -0.05) is 11.6 Å². The Morgan fingerprint density at radius 1 is 1.12 bits per heavy atom. The number of benzene rings is 1. The molecule has 0 radical (unpaired) electrons. The van der Waals surface area contributed by atoms with Gasteiger partial charge in [0, 0.05) is 17.6 Å². The Balaban J connectivity index is 1.92. The van der Waals surface area contributed by atoms with E-state index in [9.17, 15) is 13.2 Å². The number of hydrogen-bond acceptors (Lipinski definition) is 3. The number of nitrogens with one attached hydrogen (secondary N) is 2. The minimum atomic E-state index is -3.58.